The highest BCUT2D eigenvalue weighted by Gasteiger charge is 2.17. The summed E-state index contributed by atoms with van der Waals surface area (Å²) in [5.74, 6) is 1.71. The molecule has 104 valence electrons. The molecule has 0 amide bonds. The van der Waals surface area contributed by atoms with Gasteiger partial charge < -0.3 is 9.47 Å². The molecule has 0 spiro atoms. The molecule has 1 aromatic rings. The van der Waals surface area contributed by atoms with Gasteiger partial charge in [0, 0.05) is 14.1 Å². The van der Waals surface area contributed by atoms with Crippen LogP contribution in [-0.4, -0.2) is 33.6 Å². The Bertz CT molecular complexity index is 650. The SMILES string of the molecule is CN(C)c1ncn(Cc2ccccc2)c2ncnc1-2.Cl. The third-order valence-electron chi connectivity index (χ3n) is 3.00. The number of aromatic nitrogens is 4. The summed E-state index contributed by atoms with van der Waals surface area (Å²) < 4.78 is 2.02. The van der Waals surface area contributed by atoms with Gasteiger partial charge in [0.2, 0.25) is 0 Å². The van der Waals surface area contributed by atoms with Gasteiger partial charge in [0.15, 0.2) is 17.3 Å². The van der Waals surface area contributed by atoms with Gasteiger partial charge in [-0.25, -0.2) is 15.0 Å². The van der Waals surface area contributed by atoms with Gasteiger partial charge in [-0.3, -0.25) is 0 Å². The first-order chi connectivity index (χ1) is 9.25. The van der Waals surface area contributed by atoms with Crippen LogP contribution in [0.2, 0.25) is 0 Å². The largest absolute Gasteiger partial charge is 0.361 e. The Hall–Kier alpha value is -2.14. The molecule has 0 N–H and O–H groups in total. The third-order valence-corrected chi connectivity index (χ3v) is 3.00. The number of hydrogen-bond donors (Lipinski definition) is 0. The maximum absolute atomic E-state index is 4.46. The van der Waals surface area contributed by atoms with Crippen LogP contribution >= 0.6 is 12.4 Å². The number of benzene rings is 1. The van der Waals surface area contributed by atoms with Crippen molar-refractivity contribution < 1.29 is 0 Å². The lowest BCUT2D eigenvalue weighted by Gasteiger charge is -2.17. The normalized spacial score (nSPS) is 10.3. The molecule has 0 unspecified atom stereocenters. The molecule has 3 rings (SSSR count). The Morgan fingerprint density at radius 2 is 1.80 bits per heavy atom. The van der Waals surface area contributed by atoms with Crippen LogP contribution in [0.4, 0.5) is 5.82 Å². The van der Waals surface area contributed by atoms with Crippen LogP contribution in [-0.2, 0) is 6.54 Å². The van der Waals surface area contributed by atoms with E-state index in [2.05, 4.69) is 27.1 Å². The fourth-order valence-corrected chi connectivity index (χ4v) is 2.09. The Morgan fingerprint density at radius 3 is 2.50 bits per heavy atom. The molecule has 0 aliphatic carbocycles. The van der Waals surface area contributed by atoms with E-state index in [1.165, 1.54) is 5.56 Å². The topological polar surface area (TPSA) is 46.8 Å². The molecule has 0 saturated carbocycles. The third kappa shape index (κ3) is 2.58. The van der Waals surface area contributed by atoms with Gasteiger partial charge in [-0.2, -0.15) is 0 Å². The van der Waals surface area contributed by atoms with Gasteiger partial charge in [0.05, 0.1) is 12.9 Å². The molecule has 6 heteroatoms. The molecule has 0 atom stereocenters. The van der Waals surface area contributed by atoms with Crippen molar-refractivity contribution in [3.8, 4) is 11.5 Å². The smallest absolute Gasteiger partial charge is 0.165 e. The summed E-state index contributed by atoms with van der Waals surface area (Å²) in [6.07, 6.45) is 3.40. The highest BCUT2D eigenvalue weighted by atomic mass is 35.5. The summed E-state index contributed by atoms with van der Waals surface area (Å²) >= 11 is 0. The van der Waals surface area contributed by atoms with E-state index in [9.17, 15) is 0 Å². The first-order valence-corrected chi connectivity index (χ1v) is 6.13. The minimum absolute atomic E-state index is 0. The van der Waals surface area contributed by atoms with Gasteiger partial charge in [-0.1, -0.05) is 30.3 Å². The summed E-state index contributed by atoms with van der Waals surface area (Å²) in [6, 6.07) is 10.3. The van der Waals surface area contributed by atoms with Crippen molar-refractivity contribution in [2.75, 3.05) is 19.0 Å². The van der Waals surface area contributed by atoms with Crippen molar-refractivity contribution in [1.82, 2.24) is 19.5 Å². The zero-order valence-electron chi connectivity index (χ0n) is 11.4. The monoisotopic (exact) mass is 289 g/mol. The molecule has 0 fully saturated rings. The molecular weight excluding hydrogens is 274 g/mol. The lowest BCUT2D eigenvalue weighted by molar-refractivity contribution is 0.757. The highest BCUT2D eigenvalue weighted by Crippen LogP contribution is 2.26. The van der Waals surface area contributed by atoms with E-state index in [1.54, 1.807) is 6.33 Å². The zero-order valence-corrected chi connectivity index (χ0v) is 12.2. The second-order valence-electron chi connectivity index (χ2n) is 4.62. The molecule has 0 bridgehead atoms. The Morgan fingerprint density at radius 1 is 1.05 bits per heavy atom. The predicted molar refractivity (Wildman–Crippen MR) is 81.6 cm³/mol. The maximum atomic E-state index is 4.46. The number of nitrogens with zero attached hydrogens (tertiary/aromatic N) is 5. The van der Waals surface area contributed by atoms with Gasteiger partial charge in [-0.15, -0.1) is 12.4 Å². The zero-order chi connectivity index (χ0) is 13.2. The molecule has 1 aromatic carbocycles. The van der Waals surface area contributed by atoms with E-state index < -0.39 is 0 Å². The number of rotatable bonds is 3. The molecule has 0 radical (unpaired) electrons. The minimum Gasteiger partial charge on any atom is -0.361 e. The van der Waals surface area contributed by atoms with Crippen LogP contribution in [0.5, 0.6) is 0 Å². The molecule has 0 saturated heterocycles. The fraction of sp³-hybridized carbons (Fsp3) is 0.214. The number of anilines is 1. The number of fused-ring (bicyclic) bond motifs is 1. The molecule has 0 aromatic heterocycles. The first-order valence-electron chi connectivity index (χ1n) is 6.13. The van der Waals surface area contributed by atoms with Gasteiger partial charge in [0.25, 0.3) is 0 Å². The molecule has 20 heavy (non-hydrogen) atoms. The van der Waals surface area contributed by atoms with E-state index in [1.807, 2.05) is 48.1 Å². The average Bonchev–Trinajstić information content (AvgIpc) is 2.89. The van der Waals surface area contributed by atoms with Crippen molar-refractivity contribution in [2.45, 2.75) is 6.54 Å². The van der Waals surface area contributed by atoms with Crippen LogP contribution < -0.4 is 4.90 Å². The standard InChI is InChI=1S/C14H15N5.ClH/c1-18(2)13-12-14(16-9-15-12)19(10-17-13)8-11-6-4-3-5-7-11;/h3-7,9-10H,8H2,1-2H3;1H. The Balaban J connectivity index is 0.00000147. The molecule has 2 aliphatic rings. The first kappa shape index (κ1) is 14.3. The number of hydrogen-bond acceptors (Lipinski definition) is 4. The lowest BCUT2D eigenvalue weighted by atomic mass is 10.2. The summed E-state index contributed by atoms with van der Waals surface area (Å²) in [5, 5.41) is 0. The summed E-state index contributed by atoms with van der Waals surface area (Å²) in [7, 11) is 3.91. The quantitative estimate of drug-likeness (QED) is 0.742. The van der Waals surface area contributed by atoms with E-state index in [4.69, 9.17) is 0 Å². The van der Waals surface area contributed by atoms with Crippen LogP contribution in [0.1, 0.15) is 5.56 Å². The summed E-state index contributed by atoms with van der Waals surface area (Å²) in [4.78, 5) is 15.1. The van der Waals surface area contributed by atoms with E-state index in [0.29, 0.717) is 0 Å². The highest BCUT2D eigenvalue weighted by molar-refractivity contribution is 5.85. The molecule has 5 nitrogen and oxygen atoms in total. The summed E-state index contributed by atoms with van der Waals surface area (Å²) in [6.45, 7) is 0.747. The van der Waals surface area contributed by atoms with Gasteiger partial charge in [-0.05, 0) is 5.56 Å². The van der Waals surface area contributed by atoms with Gasteiger partial charge >= 0.3 is 0 Å². The summed E-state index contributed by atoms with van der Waals surface area (Å²) in [5.41, 5.74) is 2.06. The second kappa shape index (κ2) is 5.88. The van der Waals surface area contributed by atoms with E-state index in [-0.39, 0.29) is 12.4 Å². The maximum Gasteiger partial charge on any atom is 0.165 e. The van der Waals surface area contributed by atoms with Crippen LogP contribution in [0.3, 0.4) is 0 Å². The molecule has 2 aliphatic heterocycles. The van der Waals surface area contributed by atoms with Crippen molar-refractivity contribution in [3.63, 3.8) is 0 Å². The predicted octanol–water partition coefficient (Wildman–Crippen LogP) is 2.31. The molecular formula is C14H16ClN5. The van der Waals surface area contributed by atoms with Crippen LogP contribution in [0.25, 0.3) is 11.5 Å². The lowest BCUT2D eigenvalue weighted by Crippen LogP contribution is -2.16. The molecule has 2 heterocycles. The van der Waals surface area contributed by atoms with Crippen molar-refractivity contribution in [1.29, 1.82) is 0 Å². The fourth-order valence-electron chi connectivity index (χ4n) is 2.09. The van der Waals surface area contributed by atoms with Gasteiger partial charge in [0.1, 0.15) is 6.33 Å². The minimum atomic E-state index is 0. The number of imidazole rings is 1. The Kier molecular flexibility index (Phi) is 4.20. The van der Waals surface area contributed by atoms with E-state index in [0.717, 1.165) is 23.9 Å². The van der Waals surface area contributed by atoms with Crippen molar-refractivity contribution >= 4 is 18.2 Å². The van der Waals surface area contributed by atoms with E-state index >= 15 is 0 Å². The Labute approximate surface area is 124 Å². The van der Waals surface area contributed by atoms with Crippen LogP contribution in [0, 0.1) is 0 Å². The van der Waals surface area contributed by atoms with Crippen molar-refractivity contribution in [3.05, 3.63) is 48.5 Å². The van der Waals surface area contributed by atoms with Crippen LogP contribution in [0.15, 0.2) is 43.0 Å². The second-order valence-corrected chi connectivity index (χ2v) is 4.62. The average molecular weight is 290 g/mol. The number of halogens is 1. The van der Waals surface area contributed by atoms with Crippen molar-refractivity contribution in [2.24, 2.45) is 0 Å².